The van der Waals surface area contributed by atoms with Gasteiger partial charge in [-0.3, -0.25) is 0 Å². The first-order valence-corrected chi connectivity index (χ1v) is 12.4. The molecule has 2 unspecified atom stereocenters. The molecule has 0 spiro atoms. The summed E-state index contributed by atoms with van der Waals surface area (Å²) in [4.78, 5) is 0. The van der Waals surface area contributed by atoms with Gasteiger partial charge in [-0.25, -0.2) is 0 Å². The van der Waals surface area contributed by atoms with Crippen molar-refractivity contribution in [2.24, 2.45) is 17.3 Å². The Morgan fingerprint density at radius 2 is 1.69 bits per heavy atom. The summed E-state index contributed by atoms with van der Waals surface area (Å²) in [5, 5.41) is 0. The summed E-state index contributed by atoms with van der Waals surface area (Å²) >= 11 is 0. The lowest BCUT2D eigenvalue weighted by molar-refractivity contribution is 0.290. The monoisotopic (exact) mass is 402 g/mol. The lowest BCUT2D eigenvalue weighted by Gasteiger charge is -2.26. The molecule has 29 heavy (non-hydrogen) atoms. The highest BCUT2D eigenvalue weighted by Crippen LogP contribution is 2.35. The minimum Gasteiger partial charge on any atom is -0.493 e. The lowest BCUT2D eigenvalue weighted by atomic mass is 9.80. The van der Waals surface area contributed by atoms with Crippen LogP contribution < -0.4 is 4.74 Å². The van der Waals surface area contributed by atoms with Crippen molar-refractivity contribution in [2.75, 3.05) is 6.61 Å². The van der Waals surface area contributed by atoms with Gasteiger partial charge in [-0.1, -0.05) is 92.7 Å². The fourth-order valence-corrected chi connectivity index (χ4v) is 4.27. The Bertz CT molecular complexity index is 557. The van der Waals surface area contributed by atoms with Crippen LogP contribution in [0.2, 0.25) is 0 Å². The van der Waals surface area contributed by atoms with Crippen LogP contribution in [0.25, 0.3) is 0 Å². The normalized spacial score (nSPS) is 14.2. The van der Waals surface area contributed by atoms with Gasteiger partial charge in [-0.15, -0.1) is 0 Å². The number of rotatable bonds is 15. The van der Waals surface area contributed by atoms with Crippen LogP contribution in [0.1, 0.15) is 123 Å². The molecule has 0 fully saturated rings. The summed E-state index contributed by atoms with van der Waals surface area (Å²) < 4.78 is 6.03. The van der Waals surface area contributed by atoms with E-state index >= 15 is 0 Å². The van der Waals surface area contributed by atoms with Gasteiger partial charge in [-0.05, 0) is 73.0 Å². The molecule has 0 amide bonds. The molecular weight excluding hydrogens is 352 g/mol. The quantitative estimate of drug-likeness (QED) is 0.265. The maximum absolute atomic E-state index is 6.03. The van der Waals surface area contributed by atoms with E-state index in [4.69, 9.17) is 4.74 Å². The SMILES string of the molecule is CCCCCOc1ccc(C(CC(C)C)CC(C)CCCC(C)(C)CC)cc1C. The third kappa shape index (κ3) is 10.6. The van der Waals surface area contributed by atoms with E-state index in [1.807, 2.05) is 0 Å². The summed E-state index contributed by atoms with van der Waals surface area (Å²) in [5.74, 6) is 3.26. The van der Waals surface area contributed by atoms with Crippen molar-refractivity contribution in [3.8, 4) is 5.75 Å². The average molecular weight is 403 g/mol. The Morgan fingerprint density at radius 3 is 2.28 bits per heavy atom. The number of hydrogen-bond donors (Lipinski definition) is 0. The van der Waals surface area contributed by atoms with E-state index in [0.717, 1.165) is 30.6 Å². The predicted octanol–water partition coefficient (Wildman–Crippen LogP) is 9.33. The van der Waals surface area contributed by atoms with Gasteiger partial charge in [-0.2, -0.15) is 0 Å². The summed E-state index contributed by atoms with van der Waals surface area (Å²) in [5.41, 5.74) is 3.31. The van der Waals surface area contributed by atoms with E-state index < -0.39 is 0 Å². The maximum atomic E-state index is 6.03. The Balaban J connectivity index is 2.70. The van der Waals surface area contributed by atoms with E-state index in [0.29, 0.717) is 11.3 Å². The Kier molecular flexibility index (Phi) is 12.0. The number of hydrogen-bond acceptors (Lipinski definition) is 1. The smallest absolute Gasteiger partial charge is 0.122 e. The first-order chi connectivity index (χ1) is 13.7. The lowest BCUT2D eigenvalue weighted by Crippen LogP contribution is -2.12. The molecule has 1 heteroatoms. The van der Waals surface area contributed by atoms with Gasteiger partial charge in [0.2, 0.25) is 0 Å². The van der Waals surface area contributed by atoms with Gasteiger partial charge in [0.1, 0.15) is 5.75 Å². The average Bonchev–Trinajstić information content (AvgIpc) is 2.65. The fourth-order valence-electron chi connectivity index (χ4n) is 4.27. The van der Waals surface area contributed by atoms with Crippen molar-refractivity contribution in [3.05, 3.63) is 29.3 Å². The van der Waals surface area contributed by atoms with Gasteiger partial charge in [0.25, 0.3) is 0 Å². The van der Waals surface area contributed by atoms with Crippen LogP contribution >= 0.6 is 0 Å². The van der Waals surface area contributed by atoms with Gasteiger partial charge < -0.3 is 4.74 Å². The summed E-state index contributed by atoms with van der Waals surface area (Å²) in [6.07, 6.45) is 11.6. The molecule has 0 aliphatic heterocycles. The highest BCUT2D eigenvalue weighted by molar-refractivity contribution is 5.37. The van der Waals surface area contributed by atoms with E-state index in [1.54, 1.807) is 0 Å². The molecule has 0 saturated heterocycles. The summed E-state index contributed by atoms with van der Waals surface area (Å²) in [7, 11) is 0. The standard InChI is InChI=1S/C28H50O/c1-9-11-12-18-29-27-16-15-25(21-24(27)6)26(19-22(3)4)20-23(5)14-13-17-28(7,8)10-2/h15-16,21-23,26H,9-14,17-20H2,1-8H3. The second-order valence-corrected chi connectivity index (χ2v) is 10.7. The number of unbranched alkanes of at least 4 members (excludes halogenated alkanes) is 2. The zero-order valence-electron chi connectivity index (χ0n) is 20.9. The summed E-state index contributed by atoms with van der Waals surface area (Å²) in [6, 6.07) is 6.95. The van der Waals surface area contributed by atoms with Crippen LogP contribution in [-0.2, 0) is 0 Å². The van der Waals surface area contributed by atoms with Crippen LogP contribution in [-0.4, -0.2) is 6.61 Å². The third-order valence-corrected chi connectivity index (χ3v) is 6.63. The molecule has 0 radical (unpaired) electrons. The van der Waals surface area contributed by atoms with E-state index in [1.165, 1.54) is 62.5 Å². The second kappa shape index (κ2) is 13.3. The number of benzene rings is 1. The molecule has 1 aromatic carbocycles. The molecule has 0 N–H and O–H groups in total. The van der Waals surface area contributed by atoms with Crippen LogP contribution in [0.5, 0.6) is 5.75 Å². The minimum absolute atomic E-state index is 0.501. The van der Waals surface area contributed by atoms with E-state index in [9.17, 15) is 0 Å². The van der Waals surface area contributed by atoms with Crippen LogP contribution in [0, 0.1) is 24.2 Å². The highest BCUT2D eigenvalue weighted by Gasteiger charge is 2.20. The maximum Gasteiger partial charge on any atom is 0.122 e. The van der Waals surface area contributed by atoms with E-state index in [-0.39, 0.29) is 0 Å². The predicted molar refractivity (Wildman–Crippen MR) is 130 cm³/mol. The molecular formula is C28H50O. The Labute approximate surface area is 183 Å². The fraction of sp³-hybridized carbons (Fsp3) is 0.786. The van der Waals surface area contributed by atoms with Crippen molar-refractivity contribution < 1.29 is 4.74 Å². The molecule has 1 nitrogen and oxygen atoms in total. The van der Waals surface area contributed by atoms with Crippen LogP contribution in [0.4, 0.5) is 0 Å². The number of ether oxygens (including phenoxy) is 1. The largest absolute Gasteiger partial charge is 0.493 e. The first-order valence-electron chi connectivity index (χ1n) is 12.4. The topological polar surface area (TPSA) is 9.23 Å². The molecule has 0 aromatic heterocycles. The second-order valence-electron chi connectivity index (χ2n) is 10.7. The first kappa shape index (κ1) is 26.1. The molecule has 168 valence electrons. The van der Waals surface area contributed by atoms with Crippen LogP contribution in [0.15, 0.2) is 18.2 Å². The Morgan fingerprint density at radius 1 is 0.966 bits per heavy atom. The van der Waals surface area contributed by atoms with Gasteiger partial charge in [0, 0.05) is 0 Å². The Hall–Kier alpha value is -0.980. The van der Waals surface area contributed by atoms with Crippen molar-refractivity contribution in [2.45, 2.75) is 119 Å². The molecule has 1 aromatic rings. The van der Waals surface area contributed by atoms with Gasteiger partial charge in [0.05, 0.1) is 6.61 Å². The van der Waals surface area contributed by atoms with Crippen molar-refractivity contribution >= 4 is 0 Å². The zero-order valence-corrected chi connectivity index (χ0v) is 20.9. The summed E-state index contributed by atoms with van der Waals surface area (Å²) in [6.45, 7) is 19.6. The molecule has 0 saturated carbocycles. The van der Waals surface area contributed by atoms with Gasteiger partial charge in [0.15, 0.2) is 0 Å². The van der Waals surface area contributed by atoms with Crippen molar-refractivity contribution in [1.82, 2.24) is 0 Å². The minimum atomic E-state index is 0.501. The molecule has 0 heterocycles. The molecule has 0 aliphatic carbocycles. The van der Waals surface area contributed by atoms with E-state index in [2.05, 4.69) is 73.6 Å². The molecule has 1 rings (SSSR count). The van der Waals surface area contributed by atoms with Crippen molar-refractivity contribution in [1.29, 1.82) is 0 Å². The van der Waals surface area contributed by atoms with Gasteiger partial charge >= 0.3 is 0 Å². The zero-order chi connectivity index (χ0) is 21.9. The van der Waals surface area contributed by atoms with Crippen LogP contribution in [0.3, 0.4) is 0 Å². The highest BCUT2D eigenvalue weighted by atomic mass is 16.5. The molecule has 0 aliphatic rings. The molecule has 2 atom stereocenters. The molecule has 0 bridgehead atoms. The number of aryl methyl sites for hydroxylation is 1. The third-order valence-electron chi connectivity index (χ3n) is 6.63. The van der Waals surface area contributed by atoms with Crippen molar-refractivity contribution in [3.63, 3.8) is 0 Å².